The molecule has 1 rings (SSSR count). The van der Waals surface area contributed by atoms with Gasteiger partial charge in [0.25, 0.3) is 0 Å². The summed E-state index contributed by atoms with van der Waals surface area (Å²) in [4.78, 5) is 0.940. The first kappa shape index (κ1) is 7.72. The minimum absolute atomic E-state index is 0.182. The van der Waals surface area contributed by atoms with Gasteiger partial charge in [-0.25, -0.2) is 0 Å². The van der Waals surface area contributed by atoms with Gasteiger partial charge >= 0.3 is 0 Å². The van der Waals surface area contributed by atoms with E-state index in [1.807, 2.05) is 17.5 Å². The number of hydrogen-bond acceptors (Lipinski definition) is 3. The summed E-state index contributed by atoms with van der Waals surface area (Å²) < 4.78 is 0. The fourth-order valence-electron chi connectivity index (χ4n) is 0.719. The number of aliphatic hydroxyl groups excluding tert-OH is 1. The summed E-state index contributed by atoms with van der Waals surface area (Å²) in [5.74, 6) is 0. The quantitative estimate of drug-likeness (QED) is 0.676. The first-order valence-corrected chi connectivity index (χ1v) is 4.07. The second kappa shape index (κ2) is 3.14. The topological polar surface area (TPSA) is 46.2 Å². The van der Waals surface area contributed by atoms with Gasteiger partial charge in [-0.2, -0.15) is 0 Å². The number of rotatable bonds is 2. The Balaban J connectivity index is 2.68. The molecule has 0 bridgehead atoms. The Bertz CT molecular complexity index is 183. The molecule has 0 aliphatic heterocycles. The molecule has 10 heavy (non-hydrogen) atoms. The van der Waals surface area contributed by atoms with Crippen LogP contribution in [0.2, 0.25) is 0 Å². The number of hydrogen-bond donors (Lipinski definition) is 2. The lowest BCUT2D eigenvalue weighted by molar-refractivity contribution is 0.157. The van der Waals surface area contributed by atoms with E-state index in [0.717, 1.165) is 4.88 Å². The maximum Gasteiger partial charge on any atom is 0.103 e. The molecule has 0 saturated carbocycles. The summed E-state index contributed by atoms with van der Waals surface area (Å²) in [7, 11) is 0. The van der Waals surface area contributed by atoms with Crippen LogP contribution in [0.15, 0.2) is 17.5 Å². The molecule has 2 nitrogen and oxygen atoms in total. The molecule has 0 radical (unpaired) electrons. The van der Waals surface area contributed by atoms with Crippen molar-refractivity contribution in [2.45, 2.75) is 19.1 Å². The highest BCUT2D eigenvalue weighted by atomic mass is 32.1. The first-order chi connectivity index (χ1) is 4.72. The van der Waals surface area contributed by atoms with E-state index in [9.17, 15) is 5.11 Å². The van der Waals surface area contributed by atoms with Crippen molar-refractivity contribution < 1.29 is 5.11 Å². The predicted molar refractivity (Wildman–Crippen MR) is 42.9 cm³/mol. The number of aliphatic hydroxyl groups is 1. The summed E-state index contributed by atoms with van der Waals surface area (Å²) >= 11 is 1.53. The van der Waals surface area contributed by atoms with E-state index in [1.165, 1.54) is 11.3 Å². The average Bonchev–Trinajstić information content (AvgIpc) is 2.36. The minimum atomic E-state index is -0.500. The monoisotopic (exact) mass is 157 g/mol. The molecule has 1 aromatic rings. The highest BCUT2D eigenvalue weighted by Gasteiger charge is 2.11. The SMILES string of the molecule is CC(N)C(O)c1cccs1. The molecule has 3 N–H and O–H groups in total. The van der Waals surface area contributed by atoms with Crippen molar-refractivity contribution in [3.8, 4) is 0 Å². The molecule has 2 atom stereocenters. The fraction of sp³-hybridized carbons (Fsp3) is 0.429. The van der Waals surface area contributed by atoms with Crippen LogP contribution in [-0.2, 0) is 0 Å². The second-order valence-corrected chi connectivity index (χ2v) is 3.30. The van der Waals surface area contributed by atoms with Gasteiger partial charge in [0.05, 0.1) is 0 Å². The number of thiophene rings is 1. The van der Waals surface area contributed by atoms with Crippen molar-refractivity contribution in [1.82, 2.24) is 0 Å². The van der Waals surface area contributed by atoms with Crippen molar-refractivity contribution in [2.75, 3.05) is 0 Å². The van der Waals surface area contributed by atoms with Gasteiger partial charge in [0.15, 0.2) is 0 Å². The lowest BCUT2D eigenvalue weighted by Crippen LogP contribution is -2.23. The van der Waals surface area contributed by atoms with E-state index >= 15 is 0 Å². The molecule has 0 aliphatic rings. The Labute approximate surface area is 64.3 Å². The van der Waals surface area contributed by atoms with E-state index in [-0.39, 0.29) is 6.04 Å². The first-order valence-electron chi connectivity index (χ1n) is 3.19. The Morgan fingerprint density at radius 2 is 2.40 bits per heavy atom. The van der Waals surface area contributed by atoms with Crippen LogP contribution in [0, 0.1) is 0 Å². The molecule has 1 heterocycles. The smallest absolute Gasteiger partial charge is 0.103 e. The third kappa shape index (κ3) is 1.56. The molecule has 1 aromatic heterocycles. The van der Waals surface area contributed by atoms with Gasteiger partial charge in [0.2, 0.25) is 0 Å². The van der Waals surface area contributed by atoms with Crippen molar-refractivity contribution in [2.24, 2.45) is 5.73 Å². The van der Waals surface area contributed by atoms with Crippen LogP contribution in [-0.4, -0.2) is 11.1 Å². The fourth-order valence-corrected chi connectivity index (χ4v) is 1.54. The van der Waals surface area contributed by atoms with Gasteiger partial charge in [-0.15, -0.1) is 11.3 Å². The van der Waals surface area contributed by atoms with Crippen LogP contribution in [0.5, 0.6) is 0 Å². The summed E-state index contributed by atoms with van der Waals surface area (Å²) in [5, 5.41) is 11.3. The van der Waals surface area contributed by atoms with E-state index < -0.39 is 6.10 Å². The Hall–Kier alpha value is -0.380. The maximum atomic E-state index is 9.37. The van der Waals surface area contributed by atoms with Crippen LogP contribution < -0.4 is 5.73 Å². The zero-order chi connectivity index (χ0) is 7.56. The molecule has 0 spiro atoms. The molecule has 0 saturated heterocycles. The van der Waals surface area contributed by atoms with Crippen molar-refractivity contribution in [1.29, 1.82) is 0 Å². The Morgan fingerprint density at radius 1 is 1.70 bits per heavy atom. The zero-order valence-corrected chi connectivity index (χ0v) is 6.64. The summed E-state index contributed by atoms with van der Waals surface area (Å²) in [6, 6.07) is 3.61. The number of nitrogens with two attached hydrogens (primary N) is 1. The summed E-state index contributed by atoms with van der Waals surface area (Å²) in [5.41, 5.74) is 5.48. The van der Waals surface area contributed by atoms with Crippen molar-refractivity contribution >= 4 is 11.3 Å². The molecule has 3 heteroatoms. The van der Waals surface area contributed by atoms with Gasteiger partial charge in [0.1, 0.15) is 6.10 Å². The van der Waals surface area contributed by atoms with Crippen LogP contribution in [0.25, 0.3) is 0 Å². The van der Waals surface area contributed by atoms with E-state index in [1.54, 1.807) is 6.92 Å². The van der Waals surface area contributed by atoms with Crippen LogP contribution in [0.1, 0.15) is 17.9 Å². The average molecular weight is 157 g/mol. The van der Waals surface area contributed by atoms with E-state index in [2.05, 4.69) is 0 Å². The zero-order valence-electron chi connectivity index (χ0n) is 5.82. The summed E-state index contributed by atoms with van der Waals surface area (Å²) in [6.45, 7) is 1.80. The van der Waals surface area contributed by atoms with Gasteiger partial charge in [-0.05, 0) is 18.4 Å². The minimum Gasteiger partial charge on any atom is -0.386 e. The van der Waals surface area contributed by atoms with Gasteiger partial charge in [-0.1, -0.05) is 6.07 Å². The van der Waals surface area contributed by atoms with Crippen molar-refractivity contribution in [3.63, 3.8) is 0 Å². The third-order valence-electron chi connectivity index (χ3n) is 1.33. The summed E-state index contributed by atoms with van der Waals surface area (Å²) in [6.07, 6.45) is -0.500. The lowest BCUT2D eigenvalue weighted by Gasteiger charge is -2.11. The standard InChI is InChI=1S/C7H11NOS/c1-5(8)7(9)6-3-2-4-10-6/h2-5,7,9H,8H2,1H3. The second-order valence-electron chi connectivity index (χ2n) is 2.32. The normalized spacial score (nSPS) is 16.7. The van der Waals surface area contributed by atoms with E-state index in [4.69, 9.17) is 5.73 Å². The van der Waals surface area contributed by atoms with Gasteiger partial charge < -0.3 is 10.8 Å². The van der Waals surface area contributed by atoms with Crippen LogP contribution in [0.4, 0.5) is 0 Å². The molecular weight excluding hydrogens is 146 g/mol. The van der Waals surface area contributed by atoms with Crippen LogP contribution in [0.3, 0.4) is 0 Å². The molecule has 0 amide bonds. The van der Waals surface area contributed by atoms with Crippen molar-refractivity contribution in [3.05, 3.63) is 22.4 Å². The lowest BCUT2D eigenvalue weighted by atomic mass is 10.2. The molecular formula is C7H11NOS. The highest BCUT2D eigenvalue weighted by molar-refractivity contribution is 7.10. The molecule has 0 aliphatic carbocycles. The maximum absolute atomic E-state index is 9.37. The molecule has 56 valence electrons. The molecule has 0 aromatic carbocycles. The highest BCUT2D eigenvalue weighted by Crippen LogP contribution is 2.20. The van der Waals surface area contributed by atoms with Gasteiger partial charge in [-0.3, -0.25) is 0 Å². The Morgan fingerprint density at radius 3 is 2.80 bits per heavy atom. The largest absolute Gasteiger partial charge is 0.386 e. The van der Waals surface area contributed by atoms with Gasteiger partial charge in [0, 0.05) is 10.9 Å². The molecule has 2 unspecified atom stereocenters. The van der Waals surface area contributed by atoms with Crippen LogP contribution >= 0.6 is 11.3 Å². The Kier molecular flexibility index (Phi) is 2.43. The third-order valence-corrected chi connectivity index (χ3v) is 2.28. The molecule has 0 fully saturated rings. The predicted octanol–water partition coefficient (Wildman–Crippen LogP) is 1.13. The van der Waals surface area contributed by atoms with E-state index in [0.29, 0.717) is 0 Å².